The second-order valence-electron chi connectivity index (χ2n) is 3.90. The summed E-state index contributed by atoms with van der Waals surface area (Å²) in [4.78, 5) is 11.8. The Morgan fingerprint density at radius 1 is 1.43 bits per heavy atom. The molecule has 0 radical (unpaired) electrons. The minimum absolute atomic E-state index is 0.119. The average Bonchev–Trinajstić information content (AvgIpc) is 2.06. The Morgan fingerprint density at radius 3 is 2.71 bits per heavy atom. The minimum atomic E-state index is -0.282. The van der Waals surface area contributed by atoms with Gasteiger partial charge in [0.15, 0.2) is 5.78 Å². The van der Waals surface area contributed by atoms with Gasteiger partial charge in [0.25, 0.3) is 0 Å². The van der Waals surface area contributed by atoms with Gasteiger partial charge in [-0.1, -0.05) is 18.6 Å². The molecule has 0 atom stereocenters. The summed E-state index contributed by atoms with van der Waals surface area (Å²) < 4.78 is 13.2. The van der Waals surface area contributed by atoms with E-state index in [0.29, 0.717) is 11.1 Å². The number of benzene rings is 1. The van der Waals surface area contributed by atoms with Crippen LogP contribution in [0.3, 0.4) is 0 Å². The van der Waals surface area contributed by atoms with E-state index < -0.39 is 0 Å². The third-order valence-electron chi connectivity index (χ3n) is 3.01. The molecule has 1 aliphatic carbocycles. The molecule has 1 fully saturated rings. The first-order valence-electron chi connectivity index (χ1n) is 4.99. The molecule has 2 rings (SSSR count). The molecule has 0 heterocycles. The van der Waals surface area contributed by atoms with Gasteiger partial charge < -0.3 is 0 Å². The summed E-state index contributed by atoms with van der Waals surface area (Å²) >= 11 is 0. The van der Waals surface area contributed by atoms with Crippen molar-refractivity contribution < 1.29 is 9.18 Å². The molecule has 1 aromatic rings. The molecular formula is C12H13FO. The van der Waals surface area contributed by atoms with Crippen LogP contribution in [-0.2, 0) is 0 Å². The molecule has 0 saturated heterocycles. The number of Topliss-reactive ketones (excluding diaryl/α,β-unsaturated/α-hetero) is 1. The highest BCUT2D eigenvalue weighted by molar-refractivity contribution is 5.99. The lowest BCUT2D eigenvalue weighted by molar-refractivity contribution is 0.0854. The van der Waals surface area contributed by atoms with Gasteiger partial charge in [-0.2, -0.15) is 0 Å². The van der Waals surface area contributed by atoms with Crippen LogP contribution >= 0.6 is 0 Å². The van der Waals surface area contributed by atoms with E-state index >= 15 is 0 Å². The fraction of sp³-hybridized carbons (Fsp3) is 0.417. The second-order valence-corrected chi connectivity index (χ2v) is 3.90. The molecule has 0 aromatic heterocycles. The highest BCUT2D eigenvalue weighted by Gasteiger charge is 2.27. The van der Waals surface area contributed by atoms with Crippen LogP contribution in [0.15, 0.2) is 18.2 Å². The van der Waals surface area contributed by atoms with E-state index in [1.807, 2.05) is 0 Å². The van der Waals surface area contributed by atoms with Crippen LogP contribution in [0.2, 0.25) is 0 Å². The van der Waals surface area contributed by atoms with Gasteiger partial charge in [0.1, 0.15) is 5.82 Å². The van der Waals surface area contributed by atoms with Gasteiger partial charge in [-0.05, 0) is 31.4 Å². The standard InChI is InChI=1S/C12H13FO/c1-8-10(6-3-7-11(8)13)12(14)9-4-2-5-9/h3,6-7,9H,2,4-5H2,1H3. The van der Waals surface area contributed by atoms with E-state index in [9.17, 15) is 9.18 Å². The molecule has 0 N–H and O–H groups in total. The Hall–Kier alpha value is -1.18. The summed E-state index contributed by atoms with van der Waals surface area (Å²) in [6, 6.07) is 4.72. The first-order valence-corrected chi connectivity index (χ1v) is 4.99. The third kappa shape index (κ3) is 1.45. The van der Waals surface area contributed by atoms with Gasteiger partial charge in [-0.3, -0.25) is 4.79 Å². The number of rotatable bonds is 2. The monoisotopic (exact) mass is 192 g/mol. The summed E-state index contributed by atoms with van der Waals surface area (Å²) in [5.41, 5.74) is 1.05. The molecule has 0 spiro atoms. The lowest BCUT2D eigenvalue weighted by atomic mass is 9.79. The largest absolute Gasteiger partial charge is 0.294 e. The average molecular weight is 192 g/mol. The molecular weight excluding hydrogens is 179 g/mol. The molecule has 0 aliphatic heterocycles. The maximum atomic E-state index is 13.2. The van der Waals surface area contributed by atoms with Crippen LogP contribution in [0.25, 0.3) is 0 Å². The number of halogens is 1. The summed E-state index contributed by atoms with van der Waals surface area (Å²) in [5.74, 6) is -0.0149. The molecule has 0 unspecified atom stereocenters. The van der Waals surface area contributed by atoms with Crippen molar-refractivity contribution >= 4 is 5.78 Å². The topological polar surface area (TPSA) is 17.1 Å². The number of carbonyl (C=O) groups excluding carboxylic acids is 1. The molecule has 14 heavy (non-hydrogen) atoms. The van der Waals surface area contributed by atoms with Crippen molar-refractivity contribution in [1.82, 2.24) is 0 Å². The zero-order chi connectivity index (χ0) is 10.1. The van der Waals surface area contributed by atoms with Crippen molar-refractivity contribution in [2.45, 2.75) is 26.2 Å². The first kappa shape index (κ1) is 9.38. The van der Waals surface area contributed by atoms with Crippen molar-refractivity contribution in [2.75, 3.05) is 0 Å². The molecule has 2 heteroatoms. The Labute approximate surface area is 82.9 Å². The summed E-state index contributed by atoms with van der Waals surface area (Å²) in [6.07, 6.45) is 3.06. The maximum absolute atomic E-state index is 13.2. The van der Waals surface area contributed by atoms with E-state index in [1.54, 1.807) is 19.1 Å². The molecule has 74 valence electrons. The first-order chi connectivity index (χ1) is 6.70. The highest BCUT2D eigenvalue weighted by Crippen LogP contribution is 2.30. The van der Waals surface area contributed by atoms with Crippen LogP contribution < -0.4 is 0 Å². The predicted molar refractivity (Wildman–Crippen MR) is 52.8 cm³/mol. The summed E-state index contributed by atoms with van der Waals surface area (Å²) in [6.45, 7) is 1.67. The van der Waals surface area contributed by atoms with Gasteiger partial charge in [-0.25, -0.2) is 4.39 Å². The Balaban J connectivity index is 2.31. The summed E-state index contributed by atoms with van der Waals surface area (Å²) in [7, 11) is 0. The van der Waals surface area contributed by atoms with Crippen LogP contribution in [0.1, 0.15) is 35.2 Å². The smallest absolute Gasteiger partial charge is 0.166 e. The number of hydrogen-bond donors (Lipinski definition) is 0. The molecule has 0 amide bonds. The van der Waals surface area contributed by atoms with Gasteiger partial charge in [0.2, 0.25) is 0 Å². The third-order valence-corrected chi connectivity index (χ3v) is 3.01. The molecule has 0 bridgehead atoms. The Kier molecular flexibility index (Phi) is 2.36. The zero-order valence-corrected chi connectivity index (χ0v) is 8.22. The lowest BCUT2D eigenvalue weighted by Gasteiger charge is -2.24. The van der Waals surface area contributed by atoms with E-state index in [1.165, 1.54) is 6.07 Å². The zero-order valence-electron chi connectivity index (χ0n) is 8.22. The predicted octanol–water partition coefficient (Wildman–Crippen LogP) is 3.12. The van der Waals surface area contributed by atoms with Crippen LogP contribution in [0.5, 0.6) is 0 Å². The lowest BCUT2D eigenvalue weighted by Crippen LogP contribution is -2.22. The van der Waals surface area contributed by atoms with E-state index in [2.05, 4.69) is 0 Å². The number of ketones is 1. The molecule has 1 aliphatic rings. The van der Waals surface area contributed by atoms with Crippen molar-refractivity contribution in [3.63, 3.8) is 0 Å². The Morgan fingerprint density at radius 2 is 2.14 bits per heavy atom. The normalized spacial score (nSPS) is 16.4. The van der Waals surface area contributed by atoms with E-state index in [0.717, 1.165) is 19.3 Å². The Bertz CT molecular complexity index is 367. The molecule has 1 saturated carbocycles. The van der Waals surface area contributed by atoms with Crippen LogP contribution in [0, 0.1) is 18.7 Å². The van der Waals surface area contributed by atoms with Crippen molar-refractivity contribution in [2.24, 2.45) is 5.92 Å². The second kappa shape index (κ2) is 3.52. The van der Waals surface area contributed by atoms with Crippen LogP contribution in [-0.4, -0.2) is 5.78 Å². The fourth-order valence-electron chi connectivity index (χ4n) is 1.76. The van der Waals surface area contributed by atoms with E-state index in [-0.39, 0.29) is 17.5 Å². The summed E-state index contributed by atoms with van der Waals surface area (Å²) in [5, 5.41) is 0. The van der Waals surface area contributed by atoms with Gasteiger partial charge in [0, 0.05) is 11.5 Å². The fourth-order valence-corrected chi connectivity index (χ4v) is 1.76. The maximum Gasteiger partial charge on any atom is 0.166 e. The minimum Gasteiger partial charge on any atom is -0.294 e. The number of carbonyl (C=O) groups is 1. The van der Waals surface area contributed by atoms with E-state index in [4.69, 9.17) is 0 Å². The van der Waals surface area contributed by atoms with Crippen molar-refractivity contribution in [1.29, 1.82) is 0 Å². The van der Waals surface area contributed by atoms with Crippen molar-refractivity contribution in [3.05, 3.63) is 35.1 Å². The molecule has 1 aromatic carbocycles. The quantitative estimate of drug-likeness (QED) is 0.658. The van der Waals surface area contributed by atoms with Crippen LogP contribution in [0.4, 0.5) is 4.39 Å². The van der Waals surface area contributed by atoms with Gasteiger partial charge in [-0.15, -0.1) is 0 Å². The molecule has 1 nitrogen and oxygen atoms in total. The number of hydrogen-bond acceptors (Lipinski definition) is 1. The van der Waals surface area contributed by atoms with Gasteiger partial charge >= 0.3 is 0 Å². The van der Waals surface area contributed by atoms with Crippen molar-refractivity contribution in [3.8, 4) is 0 Å². The highest BCUT2D eigenvalue weighted by atomic mass is 19.1. The van der Waals surface area contributed by atoms with Gasteiger partial charge in [0.05, 0.1) is 0 Å². The SMILES string of the molecule is Cc1c(F)cccc1C(=O)C1CCC1.